The molecule has 0 aliphatic rings. The van der Waals surface area contributed by atoms with Crippen LogP contribution < -0.4 is 0 Å². The molecule has 0 aromatic rings. The van der Waals surface area contributed by atoms with E-state index in [4.69, 9.17) is 4.74 Å². The Morgan fingerprint density at radius 1 is 0.607 bits per heavy atom. The van der Waals surface area contributed by atoms with E-state index in [1.807, 2.05) is 0 Å². The van der Waals surface area contributed by atoms with E-state index < -0.39 is 0 Å². The Balaban J connectivity index is 3.45. The standard InChI is InChI=1S/C26H52O2/c1-5-9-10-11-12-13-14-15-16-17-18-19-20-21-26(27)28-23-25(8-4)22-24(6-2)7-3/h24-25H,5-23H2,1-4H3. The summed E-state index contributed by atoms with van der Waals surface area (Å²) in [6.45, 7) is 9.65. The summed E-state index contributed by atoms with van der Waals surface area (Å²) >= 11 is 0. The van der Waals surface area contributed by atoms with Gasteiger partial charge in [-0.15, -0.1) is 0 Å². The molecule has 0 aliphatic heterocycles. The number of rotatable bonds is 21. The minimum atomic E-state index is 0.0195. The maximum atomic E-state index is 12.0. The van der Waals surface area contributed by atoms with Gasteiger partial charge in [-0.1, -0.05) is 124 Å². The van der Waals surface area contributed by atoms with Gasteiger partial charge in [0.15, 0.2) is 0 Å². The van der Waals surface area contributed by atoms with Crippen molar-refractivity contribution in [3.05, 3.63) is 0 Å². The molecule has 2 heteroatoms. The van der Waals surface area contributed by atoms with Crippen LogP contribution in [0.25, 0.3) is 0 Å². The van der Waals surface area contributed by atoms with Crippen LogP contribution >= 0.6 is 0 Å². The first kappa shape index (κ1) is 27.5. The maximum absolute atomic E-state index is 12.0. The third-order valence-corrected chi connectivity index (χ3v) is 6.36. The van der Waals surface area contributed by atoms with Gasteiger partial charge in [0.05, 0.1) is 6.61 Å². The van der Waals surface area contributed by atoms with Crippen molar-refractivity contribution in [2.75, 3.05) is 6.61 Å². The van der Waals surface area contributed by atoms with E-state index in [1.54, 1.807) is 0 Å². The van der Waals surface area contributed by atoms with Gasteiger partial charge in [0.2, 0.25) is 0 Å². The molecule has 168 valence electrons. The predicted molar refractivity (Wildman–Crippen MR) is 124 cm³/mol. The fourth-order valence-corrected chi connectivity index (χ4v) is 4.02. The normalized spacial score (nSPS) is 12.5. The number of esters is 1. The van der Waals surface area contributed by atoms with Gasteiger partial charge in [0.1, 0.15) is 0 Å². The Morgan fingerprint density at radius 3 is 1.46 bits per heavy atom. The average molecular weight is 397 g/mol. The van der Waals surface area contributed by atoms with Gasteiger partial charge in [-0.2, -0.15) is 0 Å². The molecule has 0 aromatic carbocycles. The summed E-state index contributed by atoms with van der Waals surface area (Å²) in [4.78, 5) is 12.0. The van der Waals surface area contributed by atoms with Crippen LogP contribution in [0.2, 0.25) is 0 Å². The van der Waals surface area contributed by atoms with Crippen molar-refractivity contribution in [3.63, 3.8) is 0 Å². The molecule has 1 unspecified atom stereocenters. The molecule has 0 spiro atoms. The van der Waals surface area contributed by atoms with Crippen molar-refractivity contribution in [1.82, 2.24) is 0 Å². The number of hydrogen-bond acceptors (Lipinski definition) is 2. The predicted octanol–water partition coefficient (Wildman–Crippen LogP) is 8.86. The van der Waals surface area contributed by atoms with Crippen LogP contribution in [-0.4, -0.2) is 12.6 Å². The summed E-state index contributed by atoms with van der Waals surface area (Å²) in [7, 11) is 0. The first-order chi connectivity index (χ1) is 13.7. The molecule has 0 rings (SSSR count). The van der Waals surface area contributed by atoms with Crippen molar-refractivity contribution < 1.29 is 9.53 Å². The Kier molecular flexibility index (Phi) is 20.8. The second kappa shape index (κ2) is 21.2. The Bertz CT molecular complexity index is 322. The van der Waals surface area contributed by atoms with E-state index in [0.717, 1.165) is 18.8 Å². The highest BCUT2D eigenvalue weighted by Gasteiger charge is 2.14. The fraction of sp³-hybridized carbons (Fsp3) is 0.962. The zero-order valence-electron chi connectivity index (χ0n) is 19.9. The first-order valence-electron chi connectivity index (χ1n) is 12.8. The largest absolute Gasteiger partial charge is 0.465 e. The minimum Gasteiger partial charge on any atom is -0.465 e. The Morgan fingerprint density at radius 2 is 1.04 bits per heavy atom. The molecule has 0 amide bonds. The van der Waals surface area contributed by atoms with Crippen LogP contribution in [-0.2, 0) is 9.53 Å². The molecule has 0 aromatic heterocycles. The molecule has 2 nitrogen and oxygen atoms in total. The van der Waals surface area contributed by atoms with Gasteiger partial charge in [-0.05, 0) is 24.7 Å². The maximum Gasteiger partial charge on any atom is 0.305 e. The molecular weight excluding hydrogens is 344 g/mol. The Labute approximate surface area is 177 Å². The Hall–Kier alpha value is -0.530. The van der Waals surface area contributed by atoms with Crippen molar-refractivity contribution >= 4 is 5.97 Å². The summed E-state index contributed by atoms with van der Waals surface area (Å²) in [6.07, 6.45) is 22.8. The van der Waals surface area contributed by atoms with Crippen LogP contribution in [0.15, 0.2) is 0 Å². The summed E-state index contributed by atoms with van der Waals surface area (Å²) < 4.78 is 5.55. The van der Waals surface area contributed by atoms with Crippen LogP contribution in [0.5, 0.6) is 0 Å². The van der Waals surface area contributed by atoms with E-state index >= 15 is 0 Å². The summed E-state index contributed by atoms with van der Waals surface area (Å²) in [5.41, 5.74) is 0. The van der Waals surface area contributed by atoms with Gasteiger partial charge in [0, 0.05) is 6.42 Å². The lowest BCUT2D eigenvalue weighted by atomic mass is 9.89. The third kappa shape index (κ3) is 17.6. The van der Waals surface area contributed by atoms with Crippen molar-refractivity contribution in [2.45, 2.75) is 143 Å². The monoisotopic (exact) mass is 396 g/mol. The number of unbranched alkanes of at least 4 members (excludes halogenated alkanes) is 12. The van der Waals surface area contributed by atoms with Crippen LogP contribution in [0.4, 0.5) is 0 Å². The van der Waals surface area contributed by atoms with E-state index in [9.17, 15) is 4.79 Å². The zero-order chi connectivity index (χ0) is 20.9. The highest BCUT2D eigenvalue weighted by atomic mass is 16.5. The van der Waals surface area contributed by atoms with E-state index in [0.29, 0.717) is 18.9 Å². The third-order valence-electron chi connectivity index (χ3n) is 6.36. The SMILES string of the molecule is CCCCCCCCCCCCCCCC(=O)OCC(CC)CC(CC)CC. The van der Waals surface area contributed by atoms with E-state index in [2.05, 4.69) is 27.7 Å². The average Bonchev–Trinajstić information content (AvgIpc) is 2.71. The molecule has 0 heterocycles. The molecule has 0 N–H and O–H groups in total. The van der Waals surface area contributed by atoms with Crippen molar-refractivity contribution in [2.24, 2.45) is 11.8 Å². The lowest BCUT2D eigenvalue weighted by Gasteiger charge is -2.20. The molecule has 0 aliphatic carbocycles. The number of carbonyl (C=O) groups excluding carboxylic acids is 1. The highest BCUT2D eigenvalue weighted by molar-refractivity contribution is 5.69. The molecule has 28 heavy (non-hydrogen) atoms. The topological polar surface area (TPSA) is 26.3 Å². The molecular formula is C26H52O2. The van der Waals surface area contributed by atoms with Gasteiger partial charge in [-0.3, -0.25) is 4.79 Å². The molecule has 0 radical (unpaired) electrons. The summed E-state index contributed by atoms with van der Waals surface area (Å²) in [6, 6.07) is 0. The quantitative estimate of drug-likeness (QED) is 0.143. The van der Waals surface area contributed by atoms with Crippen LogP contribution in [0.3, 0.4) is 0 Å². The van der Waals surface area contributed by atoms with Crippen molar-refractivity contribution in [1.29, 1.82) is 0 Å². The smallest absolute Gasteiger partial charge is 0.305 e. The fourth-order valence-electron chi connectivity index (χ4n) is 4.02. The number of carbonyl (C=O) groups is 1. The number of hydrogen-bond donors (Lipinski definition) is 0. The van der Waals surface area contributed by atoms with Gasteiger partial charge >= 0.3 is 5.97 Å². The van der Waals surface area contributed by atoms with Gasteiger partial charge < -0.3 is 4.74 Å². The minimum absolute atomic E-state index is 0.0195. The van der Waals surface area contributed by atoms with Crippen molar-refractivity contribution in [3.8, 4) is 0 Å². The van der Waals surface area contributed by atoms with Gasteiger partial charge in [-0.25, -0.2) is 0 Å². The summed E-state index contributed by atoms with van der Waals surface area (Å²) in [5, 5.41) is 0. The van der Waals surface area contributed by atoms with Crippen LogP contribution in [0.1, 0.15) is 143 Å². The lowest BCUT2D eigenvalue weighted by molar-refractivity contribution is -0.145. The zero-order valence-corrected chi connectivity index (χ0v) is 19.9. The number of ether oxygens (including phenoxy) is 1. The molecule has 0 saturated heterocycles. The molecule has 1 atom stereocenters. The summed E-state index contributed by atoms with van der Waals surface area (Å²) in [5.74, 6) is 1.34. The second-order valence-electron chi connectivity index (χ2n) is 8.87. The highest BCUT2D eigenvalue weighted by Crippen LogP contribution is 2.22. The first-order valence-corrected chi connectivity index (χ1v) is 12.8. The van der Waals surface area contributed by atoms with E-state index in [1.165, 1.54) is 96.3 Å². The molecule has 0 fully saturated rings. The molecule has 0 saturated carbocycles. The second-order valence-corrected chi connectivity index (χ2v) is 8.87. The molecule has 0 bridgehead atoms. The lowest BCUT2D eigenvalue weighted by Crippen LogP contribution is -2.16. The van der Waals surface area contributed by atoms with Crippen LogP contribution in [0, 0.1) is 11.8 Å². The van der Waals surface area contributed by atoms with Gasteiger partial charge in [0.25, 0.3) is 0 Å². The van der Waals surface area contributed by atoms with E-state index in [-0.39, 0.29) is 5.97 Å².